The molecular formula is C23H24FN3O4. The fourth-order valence-electron chi connectivity index (χ4n) is 2.99. The number of halogens is 1. The topological polar surface area (TPSA) is 99.5 Å². The van der Waals surface area contributed by atoms with E-state index in [1.807, 2.05) is 12.1 Å². The van der Waals surface area contributed by atoms with Gasteiger partial charge in [0, 0.05) is 25.1 Å². The van der Waals surface area contributed by atoms with Gasteiger partial charge < -0.3 is 15.0 Å². The molecule has 0 aliphatic heterocycles. The number of anilines is 1. The van der Waals surface area contributed by atoms with Gasteiger partial charge in [-0.25, -0.2) is 4.39 Å². The molecule has 2 amide bonds. The van der Waals surface area contributed by atoms with Crippen molar-refractivity contribution >= 4 is 23.5 Å². The number of nitrogens with zero attached hydrogens (tertiary/aromatic N) is 2. The Kier molecular flexibility index (Phi) is 9.17. The molecule has 0 heterocycles. The number of para-hydroxylation sites is 1. The van der Waals surface area contributed by atoms with Crippen molar-refractivity contribution in [3.8, 4) is 6.07 Å². The lowest BCUT2D eigenvalue weighted by atomic mass is 10.0. The number of hydrogen-bond donors (Lipinski definition) is 1. The predicted octanol–water partition coefficient (Wildman–Crippen LogP) is 3.27. The van der Waals surface area contributed by atoms with Crippen molar-refractivity contribution in [1.82, 2.24) is 5.32 Å². The van der Waals surface area contributed by atoms with E-state index in [2.05, 4.69) is 10.1 Å². The summed E-state index contributed by atoms with van der Waals surface area (Å²) in [5.41, 5.74) is 1.20. The second-order valence-electron chi connectivity index (χ2n) is 6.74. The second-order valence-corrected chi connectivity index (χ2v) is 6.74. The van der Waals surface area contributed by atoms with E-state index in [9.17, 15) is 18.8 Å². The number of nitriles is 1. The summed E-state index contributed by atoms with van der Waals surface area (Å²) in [4.78, 5) is 38.4. The minimum atomic E-state index is -0.709. The van der Waals surface area contributed by atoms with E-state index in [1.165, 1.54) is 36.3 Å². The first kappa shape index (κ1) is 23.5. The lowest BCUT2D eigenvalue weighted by Crippen LogP contribution is -2.34. The predicted molar refractivity (Wildman–Crippen MR) is 112 cm³/mol. The second kappa shape index (κ2) is 12.1. The van der Waals surface area contributed by atoms with E-state index in [4.69, 9.17) is 5.26 Å². The lowest BCUT2D eigenvalue weighted by molar-refractivity contribution is -0.141. The average molecular weight is 425 g/mol. The molecule has 7 nitrogen and oxygen atoms in total. The molecule has 1 N–H and O–H groups in total. The Morgan fingerprint density at radius 2 is 1.77 bits per heavy atom. The highest BCUT2D eigenvalue weighted by Gasteiger charge is 2.21. The molecule has 0 aliphatic carbocycles. The van der Waals surface area contributed by atoms with Gasteiger partial charge in [-0.2, -0.15) is 5.26 Å². The molecule has 0 aliphatic rings. The zero-order valence-corrected chi connectivity index (χ0v) is 17.2. The monoisotopic (exact) mass is 425 g/mol. The van der Waals surface area contributed by atoms with Crippen molar-refractivity contribution in [2.24, 2.45) is 0 Å². The maximum atomic E-state index is 13.2. The third-order valence-corrected chi connectivity index (χ3v) is 4.59. The molecular weight excluding hydrogens is 401 g/mol. The number of carbonyl (C=O) groups excluding carboxylic acids is 3. The van der Waals surface area contributed by atoms with Crippen LogP contribution in [0, 0.1) is 17.1 Å². The van der Waals surface area contributed by atoms with Crippen LogP contribution in [0.5, 0.6) is 0 Å². The Morgan fingerprint density at radius 3 is 2.39 bits per heavy atom. The lowest BCUT2D eigenvalue weighted by Gasteiger charge is -2.22. The van der Waals surface area contributed by atoms with Gasteiger partial charge in [-0.3, -0.25) is 14.4 Å². The first-order valence-electron chi connectivity index (χ1n) is 9.78. The molecule has 0 aromatic heterocycles. The average Bonchev–Trinajstić information content (AvgIpc) is 2.78. The highest BCUT2D eigenvalue weighted by Crippen LogP contribution is 2.19. The summed E-state index contributed by atoms with van der Waals surface area (Å²) in [6.07, 6.45) is -0.132. The summed E-state index contributed by atoms with van der Waals surface area (Å²) >= 11 is 0. The summed E-state index contributed by atoms with van der Waals surface area (Å²) in [5.74, 6) is -1.68. The van der Waals surface area contributed by atoms with Gasteiger partial charge in [-0.05, 0) is 29.8 Å². The molecule has 1 atom stereocenters. The van der Waals surface area contributed by atoms with E-state index in [1.54, 1.807) is 24.3 Å². The van der Waals surface area contributed by atoms with Crippen molar-refractivity contribution in [2.75, 3.05) is 18.6 Å². The van der Waals surface area contributed by atoms with Crippen LogP contribution in [0.3, 0.4) is 0 Å². The van der Waals surface area contributed by atoms with E-state index >= 15 is 0 Å². The molecule has 0 saturated carbocycles. The van der Waals surface area contributed by atoms with Crippen LogP contribution in [0.4, 0.5) is 10.1 Å². The highest BCUT2D eigenvalue weighted by atomic mass is 19.1. The third kappa shape index (κ3) is 7.55. The van der Waals surface area contributed by atoms with Crippen LogP contribution in [0.15, 0.2) is 54.6 Å². The standard InChI is InChI=1S/C23H24FN3O4/c1-31-23(30)16-20(17-8-10-18(24)11-9-17)26-21(28)12-13-22(29)27(15-5-14-25)19-6-3-2-4-7-19/h2-4,6-11,20H,5,12-13,15-16H2,1H3,(H,26,28). The molecule has 2 aromatic rings. The van der Waals surface area contributed by atoms with E-state index in [0.717, 1.165) is 0 Å². The number of ether oxygens (including phenoxy) is 1. The number of amides is 2. The molecule has 2 rings (SSSR count). The first-order chi connectivity index (χ1) is 14.9. The van der Waals surface area contributed by atoms with Crippen LogP contribution in [0.2, 0.25) is 0 Å². The molecule has 162 valence electrons. The van der Waals surface area contributed by atoms with E-state index in [-0.39, 0.29) is 38.1 Å². The summed E-state index contributed by atoms with van der Waals surface area (Å²) in [6.45, 7) is 0.224. The Balaban J connectivity index is 2.02. The Morgan fingerprint density at radius 1 is 1.10 bits per heavy atom. The minimum Gasteiger partial charge on any atom is -0.469 e. The van der Waals surface area contributed by atoms with Crippen LogP contribution in [0.1, 0.15) is 37.3 Å². The summed E-state index contributed by atoms with van der Waals surface area (Å²) < 4.78 is 17.9. The molecule has 0 saturated heterocycles. The zero-order valence-electron chi connectivity index (χ0n) is 17.2. The van der Waals surface area contributed by atoms with E-state index in [0.29, 0.717) is 11.3 Å². The number of methoxy groups -OCH3 is 1. The summed E-state index contributed by atoms with van der Waals surface area (Å²) in [6, 6.07) is 15.7. The van der Waals surface area contributed by atoms with Gasteiger partial charge in [0.2, 0.25) is 11.8 Å². The van der Waals surface area contributed by atoms with Crippen molar-refractivity contribution in [1.29, 1.82) is 5.26 Å². The summed E-state index contributed by atoms with van der Waals surface area (Å²) in [5, 5.41) is 11.6. The Labute approximate surface area is 180 Å². The van der Waals surface area contributed by atoms with Crippen LogP contribution in [-0.2, 0) is 19.1 Å². The van der Waals surface area contributed by atoms with Crippen LogP contribution in [-0.4, -0.2) is 31.4 Å². The fourth-order valence-corrected chi connectivity index (χ4v) is 2.99. The van der Waals surface area contributed by atoms with Gasteiger partial charge in [0.15, 0.2) is 0 Å². The van der Waals surface area contributed by atoms with Gasteiger partial charge in [0.05, 0.1) is 32.1 Å². The van der Waals surface area contributed by atoms with Crippen molar-refractivity contribution < 1.29 is 23.5 Å². The molecule has 2 aromatic carbocycles. The Bertz CT molecular complexity index is 926. The first-order valence-corrected chi connectivity index (χ1v) is 9.78. The number of benzene rings is 2. The van der Waals surface area contributed by atoms with Crippen LogP contribution in [0.25, 0.3) is 0 Å². The smallest absolute Gasteiger partial charge is 0.307 e. The molecule has 0 radical (unpaired) electrons. The van der Waals surface area contributed by atoms with Gasteiger partial charge in [-0.15, -0.1) is 0 Å². The third-order valence-electron chi connectivity index (χ3n) is 4.59. The fraction of sp³-hybridized carbons (Fsp3) is 0.304. The van der Waals surface area contributed by atoms with Gasteiger partial charge in [0.25, 0.3) is 0 Å². The molecule has 8 heteroatoms. The molecule has 31 heavy (non-hydrogen) atoms. The van der Waals surface area contributed by atoms with Crippen molar-refractivity contribution in [3.63, 3.8) is 0 Å². The normalized spacial score (nSPS) is 11.1. The maximum Gasteiger partial charge on any atom is 0.307 e. The number of rotatable bonds is 10. The summed E-state index contributed by atoms with van der Waals surface area (Å²) in [7, 11) is 1.24. The molecule has 0 bridgehead atoms. The zero-order chi connectivity index (χ0) is 22.6. The Hall–Kier alpha value is -3.73. The SMILES string of the molecule is COC(=O)CC(NC(=O)CCC(=O)N(CCC#N)c1ccccc1)c1ccc(F)cc1. The van der Waals surface area contributed by atoms with Crippen molar-refractivity contribution in [3.05, 3.63) is 66.0 Å². The maximum absolute atomic E-state index is 13.2. The van der Waals surface area contributed by atoms with E-state index < -0.39 is 23.7 Å². The highest BCUT2D eigenvalue weighted by molar-refractivity contribution is 5.95. The molecule has 1 unspecified atom stereocenters. The van der Waals surface area contributed by atoms with Crippen molar-refractivity contribution in [2.45, 2.75) is 31.7 Å². The number of esters is 1. The van der Waals surface area contributed by atoms with Gasteiger partial charge >= 0.3 is 5.97 Å². The van der Waals surface area contributed by atoms with Gasteiger partial charge in [-0.1, -0.05) is 30.3 Å². The number of carbonyl (C=O) groups is 3. The molecule has 0 fully saturated rings. The number of nitrogens with one attached hydrogen (secondary N) is 1. The molecule has 0 spiro atoms. The van der Waals surface area contributed by atoms with Gasteiger partial charge in [0.1, 0.15) is 5.82 Å². The largest absolute Gasteiger partial charge is 0.469 e. The minimum absolute atomic E-state index is 0.0689. The van der Waals surface area contributed by atoms with Crippen LogP contribution >= 0.6 is 0 Å². The quantitative estimate of drug-likeness (QED) is 0.589. The van der Waals surface area contributed by atoms with Crippen LogP contribution < -0.4 is 10.2 Å². The number of hydrogen-bond acceptors (Lipinski definition) is 5.